The molecule has 1 aromatic heterocycles. The molecule has 116 valence electrons. The van der Waals surface area contributed by atoms with Crippen molar-refractivity contribution in [2.24, 2.45) is 5.92 Å². The van der Waals surface area contributed by atoms with E-state index in [1.165, 1.54) is 0 Å². The second-order valence-electron chi connectivity index (χ2n) is 6.15. The first kappa shape index (κ1) is 15.9. The average Bonchev–Trinajstić information content (AvgIpc) is 2.44. The number of carboxylic acid groups (broad SMARTS) is 1. The fraction of sp³-hybridized carbons (Fsp3) is 0.688. The van der Waals surface area contributed by atoms with Gasteiger partial charge in [-0.2, -0.15) is 0 Å². The lowest BCUT2D eigenvalue weighted by molar-refractivity contribution is -0.136. The summed E-state index contributed by atoms with van der Waals surface area (Å²) in [6.45, 7) is 5.96. The SMILES string of the molecule is COC1(c2nc(C)c(CC(=O)O)c(C)n2)CCC(C)CC1. The Hall–Kier alpha value is -1.49. The van der Waals surface area contributed by atoms with Gasteiger partial charge in [-0.3, -0.25) is 4.79 Å². The molecule has 1 N–H and O–H groups in total. The van der Waals surface area contributed by atoms with E-state index >= 15 is 0 Å². The zero-order valence-corrected chi connectivity index (χ0v) is 13.3. The van der Waals surface area contributed by atoms with Crippen LogP contribution in [0.5, 0.6) is 0 Å². The summed E-state index contributed by atoms with van der Waals surface area (Å²) < 4.78 is 5.80. The number of nitrogens with zero attached hydrogens (tertiary/aromatic N) is 2. The molecule has 5 nitrogen and oxygen atoms in total. The fourth-order valence-corrected chi connectivity index (χ4v) is 3.10. The van der Waals surface area contributed by atoms with Crippen molar-refractivity contribution >= 4 is 5.97 Å². The van der Waals surface area contributed by atoms with Crippen LogP contribution in [0, 0.1) is 19.8 Å². The number of carboxylic acids is 1. The Balaban J connectivity index is 2.37. The van der Waals surface area contributed by atoms with Crippen LogP contribution in [-0.4, -0.2) is 28.2 Å². The van der Waals surface area contributed by atoms with Crippen LogP contribution in [0.1, 0.15) is 55.4 Å². The lowest BCUT2D eigenvalue weighted by Crippen LogP contribution is -2.35. The monoisotopic (exact) mass is 292 g/mol. The third kappa shape index (κ3) is 3.23. The number of hydrogen-bond donors (Lipinski definition) is 1. The largest absolute Gasteiger partial charge is 0.481 e. The molecule has 1 saturated carbocycles. The van der Waals surface area contributed by atoms with Crippen LogP contribution in [0.4, 0.5) is 0 Å². The lowest BCUT2D eigenvalue weighted by Gasteiger charge is -2.37. The number of methoxy groups -OCH3 is 1. The molecular formula is C16H24N2O3. The molecule has 0 amide bonds. The zero-order chi connectivity index (χ0) is 15.6. The summed E-state index contributed by atoms with van der Waals surface area (Å²) in [7, 11) is 1.72. The van der Waals surface area contributed by atoms with E-state index in [0.717, 1.165) is 37.1 Å². The molecule has 1 fully saturated rings. The second-order valence-corrected chi connectivity index (χ2v) is 6.15. The predicted octanol–water partition coefficient (Wildman–Crippen LogP) is 2.77. The van der Waals surface area contributed by atoms with Gasteiger partial charge in [-0.05, 0) is 45.4 Å². The molecule has 1 aliphatic rings. The summed E-state index contributed by atoms with van der Waals surface area (Å²) in [5.41, 5.74) is 1.79. The van der Waals surface area contributed by atoms with Crippen LogP contribution in [0.2, 0.25) is 0 Å². The van der Waals surface area contributed by atoms with Gasteiger partial charge in [0.2, 0.25) is 0 Å². The number of aryl methyl sites for hydroxylation is 2. The van der Waals surface area contributed by atoms with E-state index in [4.69, 9.17) is 9.84 Å². The molecular weight excluding hydrogens is 268 g/mol. The quantitative estimate of drug-likeness (QED) is 0.923. The van der Waals surface area contributed by atoms with Crippen molar-refractivity contribution in [3.63, 3.8) is 0 Å². The van der Waals surface area contributed by atoms with Gasteiger partial charge in [0.05, 0.1) is 6.42 Å². The Morgan fingerprint density at radius 1 is 1.29 bits per heavy atom. The maximum atomic E-state index is 10.9. The normalized spacial score (nSPS) is 25.8. The molecule has 0 radical (unpaired) electrons. The van der Waals surface area contributed by atoms with E-state index in [1.807, 2.05) is 13.8 Å². The molecule has 21 heavy (non-hydrogen) atoms. The highest BCUT2D eigenvalue weighted by atomic mass is 16.5. The highest BCUT2D eigenvalue weighted by molar-refractivity contribution is 5.70. The van der Waals surface area contributed by atoms with Crippen molar-refractivity contribution in [1.82, 2.24) is 9.97 Å². The van der Waals surface area contributed by atoms with Gasteiger partial charge in [-0.1, -0.05) is 6.92 Å². The van der Waals surface area contributed by atoms with Crippen LogP contribution in [0.3, 0.4) is 0 Å². The van der Waals surface area contributed by atoms with Crippen molar-refractivity contribution in [3.05, 3.63) is 22.8 Å². The first-order chi connectivity index (χ1) is 9.88. The Kier molecular flexibility index (Phi) is 4.61. The van der Waals surface area contributed by atoms with Gasteiger partial charge in [0.15, 0.2) is 5.82 Å². The van der Waals surface area contributed by atoms with E-state index in [2.05, 4.69) is 16.9 Å². The van der Waals surface area contributed by atoms with Gasteiger partial charge in [0, 0.05) is 24.1 Å². The van der Waals surface area contributed by atoms with Gasteiger partial charge in [-0.25, -0.2) is 9.97 Å². The molecule has 2 rings (SSSR count). The maximum absolute atomic E-state index is 10.9. The lowest BCUT2D eigenvalue weighted by atomic mass is 9.78. The molecule has 1 aromatic rings. The molecule has 0 bridgehead atoms. The number of hydrogen-bond acceptors (Lipinski definition) is 4. The molecule has 0 aliphatic heterocycles. The van der Waals surface area contributed by atoms with Crippen molar-refractivity contribution in [2.45, 2.75) is 58.5 Å². The molecule has 0 saturated heterocycles. The Morgan fingerprint density at radius 2 is 1.81 bits per heavy atom. The van der Waals surface area contributed by atoms with Gasteiger partial charge < -0.3 is 9.84 Å². The van der Waals surface area contributed by atoms with Crippen LogP contribution in [0.15, 0.2) is 0 Å². The molecule has 1 aliphatic carbocycles. The maximum Gasteiger partial charge on any atom is 0.307 e. The second kappa shape index (κ2) is 6.10. The molecule has 1 heterocycles. The first-order valence-corrected chi connectivity index (χ1v) is 7.49. The van der Waals surface area contributed by atoms with E-state index in [9.17, 15) is 4.79 Å². The highest BCUT2D eigenvalue weighted by Gasteiger charge is 2.39. The Morgan fingerprint density at radius 3 is 2.24 bits per heavy atom. The summed E-state index contributed by atoms with van der Waals surface area (Å²) in [6, 6.07) is 0. The highest BCUT2D eigenvalue weighted by Crippen LogP contribution is 2.40. The van der Waals surface area contributed by atoms with Crippen LogP contribution in [-0.2, 0) is 21.6 Å². The fourth-order valence-electron chi connectivity index (χ4n) is 3.10. The van der Waals surface area contributed by atoms with Crippen LogP contribution < -0.4 is 0 Å². The minimum absolute atomic E-state index is 0.0328. The van der Waals surface area contributed by atoms with E-state index in [0.29, 0.717) is 17.3 Å². The minimum Gasteiger partial charge on any atom is -0.481 e. The summed E-state index contributed by atoms with van der Waals surface area (Å²) >= 11 is 0. The van der Waals surface area contributed by atoms with Crippen LogP contribution >= 0.6 is 0 Å². The topological polar surface area (TPSA) is 72.3 Å². The number of aromatic nitrogens is 2. The summed E-state index contributed by atoms with van der Waals surface area (Å²) in [5, 5.41) is 8.98. The Labute approximate surface area is 125 Å². The zero-order valence-electron chi connectivity index (χ0n) is 13.3. The first-order valence-electron chi connectivity index (χ1n) is 7.49. The third-order valence-electron chi connectivity index (χ3n) is 4.63. The summed E-state index contributed by atoms with van der Waals surface area (Å²) in [5.74, 6) is 0.563. The van der Waals surface area contributed by atoms with Gasteiger partial charge >= 0.3 is 5.97 Å². The molecule has 0 aromatic carbocycles. The van der Waals surface area contributed by atoms with Crippen LogP contribution in [0.25, 0.3) is 0 Å². The smallest absolute Gasteiger partial charge is 0.307 e. The number of rotatable bonds is 4. The molecule has 0 unspecified atom stereocenters. The van der Waals surface area contributed by atoms with E-state index < -0.39 is 11.6 Å². The summed E-state index contributed by atoms with van der Waals surface area (Å²) in [6.07, 6.45) is 4.01. The third-order valence-corrected chi connectivity index (χ3v) is 4.63. The number of aliphatic carboxylic acids is 1. The van der Waals surface area contributed by atoms with Crippen molar-refractivity contribution in [2.75, 3.05) is 7.11 Å². The van der Waals surface area contributed by atoms with Gasteiger partial charge in [0.25, 0.3) is 0 Å². The number of carbonyl (C=O) groups is 1. The molecule has 0 atom stereocenters. The van der Waals surface area contributed by atoms with Gasteiger partial charge in [-0.15, -0.1) is 0 Å². The predicted molar refractivity (Wildman–Crippen MR) is 79.2 cm³/mol. The number of ether oxygens (including phenoxy) is 1. The Bertz CT molecular complexity index is 511. The minimum atomic E-state index is -0.856. The standard InChI is InChI=1S/C16H24N2O3/c1-10-5-7-16(21-4,8-6-10)15-17-11(2)13(9-14(19)20)12(3)18-15/h10H,5-9H2,1-4H3,(H,19,20). The van der Waals surface area contributed by atoms with E-state index in [1.54, 1.807) is 7.11 Å². The average molecular weight is 292 g/mol. The van der Waals surface area contributed by atoms with E-state index in [-0.39, 0.29) is 6.42 Å². The van der Waals surface area contributed by atoms with Crippen molar-refractivity contribution < 1.29 is 14.6 Å². The molecule has 0 spiro atoms. The van der Waals surface area contributed by atoms with Crippen molar-refractivity contribution in [1.29, 1.82) is 0 Å². The molecule has 5 heteroatoms. The summed E-state index contributed by atoms with van der Waals surface area (Å²) in [4.78, 5) is 20.1. The van der Waals surface area contributed by atoms with Crippen molar-refractivity contribution in [3.8, 4) is 0 Å². The van der Waals surface area contributed by atoms with Gasteiger partial charge in [0.1, 0.15) is 5.60 Å².